The molecule has 8 heteroatoms. The van der Waals surface area contributed by atoms with E-state index >= 15 is 0 Å². The van der Waals surface area contributed by atoms with Crippen LogP contribution in [0.1, 0.15) is 81.0 Å². The van der Waals surface area contributed by atoms with Crippen LogP contribution in [0, 0.1) is 11.3 Å². The van der Waals surface area contributed by atoms with E-state index in [0.29, 0.717) is 32.4 Å². The van der Waals surface area contributed by atoms with Gasteiger partial charge in [0.2, 0.25) is 0 Å². The van der Waals surface area contributed by atoms with Gasteiger partial charge in [-0.05, 0) is 73.9 Å². The molecule has 0 N–H and O–H groups in total. The van der Waals surface area contributed by atoms with E-state index in [4.69, 9.17) is 5.26 Å². The molecule has 2 saturated carbocycles. The standard InChI is InChI=1S/C28H33F6N.C2H3N/c1-2-35(20-21-10-4-3-5-11-21)19-7-12-22-23(25(15-8-16-25)27(29,30)31)13-6-14-24(22)26(17-9-18-26)28(32,33)34;1-2-3/h3-6,10-11,13-14H,2,7-9,12,15-20H2,1H3;1H3. The fourth-order valence-electron chi connectivity index (χ4n) is 5.89. The number of halogens is 6. The van der Waals surface area contributed by atoms with Gasteiger partial charge in [-0.15, -0.1) is 0 Å². The van der Waals surface area contributed by atoms with Crippen molar-refractivity contribution in [2.45, 2.75) is 94.9 Å². The molecule has 208 valence electrons. The molecule has 0 spiro atoms. The van der Waals surface area contributed by atoms with Gasteiger partial charge in [-0.25, -0.2) is 0 Å². The molecule has 0 aromatic heterocycles. The molecule has 2 aliphatic carbocycles. The van der Waals surface area contributed by atoms with E-state index in [2.05, 4.69) is 4.90 Å². The van der Waals surface area contributed by atoms with E-state index in [1.807, 2.05) is 37.3 Å². The van der Waals surface area contributed by atoms with E-state index in [0.717, 1.165) is 12.1 Å². The summed E-state index contributed by atoms with van der Waals surface area (Å²) in [5, 5.41) is 7.32. The number of benzene rings is 2. The summed E-state index contributed by atoms with van der Waals surface area (Å²) in [6, 6.07) is 15.9. The summed E-state index contributed by atoms with van der Waals surface area (Å²) in [5.41, 5.74) is -2.47. The van der Waals surface area contributed by atoms with Crippen molar-refractivity contribution < 1.29 is 26.3 Å². The number of nitriles is 1. The van der Waals surface area contributed by atoms with Crippen LogP contribution in [0.2, 0.25) is 0 Å². The van der Waals surface area contributed by atoms with Gasteiger partial charge in [-0.2, -0.15) is 31.6 Å². The predicted molar refractivity (Wildman–Crippen MR) is 137 cm³/mol. The molecule has 38 heavy (non-hydrogen) atoms. The molecule has 0 unspecified atom stereocenters. The van der Waals surface area contributed by atoms with Gasteiger partial charge in [0.05, 0.1) is 16.9 Å². The first-order valence-corrected chi connectivity index (χ1v) is 13.3. The number of nitrogens with zero attached hydrogens (tertiary/aromatic N) is 2. The minimum absolute atomic E-state index is 0.0545. The van der Waals surface area contributed by atoms with Gasteiger partial charge in [-0.3, -0.25) is 4.90 Å². The third-order valence-corrected chi connectivity index (χ3v) is 8.30. The molecule has 2 aromatic rings. The Bertz CT molecular complexity index is 1030. The molecule has 0 heterocycles. The van der Waals surface area contributed by atoms with E-state index in [1.165, 1.54) is 25.1 Å². The Kier molecular flexibility index (Phi) is 9.57. The average molecular weight is 539 g/mol. The summed E-state index contributed by atoms with van der Waals surface area (Å²) in [6.45, 7) is 5.51. The number of hydrogen-bond acceptors (Lipinski definition) is 2. The number of hydrogen-bond donors (Lipinski definition) is 0. The van der Waals surface area contributed by atoms with Crippen LogP contribution in [0.5, 0.6) is 0 Å². The van der Waals surface area contributed by atoms with Gasteiger partial charge >= 0.3 is 12.4 Å². The molecule has 2 fully saturated rings. The molecular weight excluding hydrogens is 502 g/mol. The predicted octanol–water partition coefficient (Wildman–Crippen LogP) is 8.64. The van der Waals surface area contributed by atoms with E-state index in [9.17, 15) is 26.3 Å². The zero-order valence-corrected chi connectivity index (χ0v) is 22.1. The van der Waals surface area contributed by atoms with Gasteiger partial charge in [-0.1, -0.05) is 68.3 Å². The second-order valence-corrected chi connectivity index (χ2v) is 10.4. The van der Waals surface area contributed by atoms with Gasteiger partial charge in [0.15, 0.2) is 0 Å². The summed E-state index contributed by atoms with van der Waals surface area (Å²) in [7, 11) is 0. The molecule has 0 bridgehead atoms. The van der Waals surface area contributed by atoms with E-state index in [1.54, 1.807) is 6.07 Å². The van der Waals surface area contributed by atoms with Gasteiger partial charge in [0.1, 0.15) is 0 Å². The maximum absolute atomic E-state index is 14.3. The third kappa shape index (κ3) is 5.88. The lowest BCUT2D eigenvalue weighted by Gasteiger charge is -2.48. The fraction of sp³-hybridized carbons (Fsp3) is 0.567. The van der Waals surface area contributed by atoms with Gasteiger partial charge in [0.25, 0.3) is 0 Å². The summed E-state index contributed by atoms with van der Waals surface area (Å²) >= 11 is 0. The number of alkyl halides is 6. The minimum Gasteiger partial charge on any atom is -0.299 e. The van der Waals surface area contributed by atoms with Crippen molar-refractivity contribution in [3.8, 4) is 6.07 Å². The molecule has 2 aromatic carbocycles. The van der Waals surface area contributed by atoms with Crippen LogP contribution in [0.4, 0.5) is 26.3 Å². The molecular formula is C30H36F6N2. The van der Waals surface area contributed by atoms with Crippen LogP contribution in [-0.4, -0.2) is 30.3 Å². The van der Waals surface area contributed by atoms with Crippen LogP contribution in [-0.2, 0) is 23.8 Å². The molecule has 2 nitrogen and oxygen atoms in total. The first-order valence-electron chi connectivity index (χ1n) is 13.3. The monoisotopic (exact) mass is 538 g/mol. The van der Waals surface area contributed by atoms with Gasteiger partial charge in [0, 0.05) is 13.5 Å². The van der Waals surface area contributed by atoms with Crippen molar-refractivity contribution in [2.24, 2.45) is 0 Å². The smallest absolute Gasteiger partial charge is 0.299 e. The Labute approximate surface area is 221 Å². The van der Waals surface area contributed by atoms with Crippen LogP contribution < -0.4 is 0 Å². The summed E-state index contributed by atoms with van der Waals surface area (Å²) in [5.74, 6) is 0. The first-order chi connectivity index (χ1) is 18.0. The highest BCUT2D eigenvalue weighted by Crippen LogP contribution is 2.59. The molecule has 0 saturated heterocycles. The summed E-state index contributed by atoms with van der Waals surface area (Å²) in [4.78, 5) is 2.18. The van der Waals surface area contributed by atoms with Gasteiger partial charge < -0.3 is 0 Å². The SMILES string of the molecule is CC#N.CCN(CCCc1c(C2(C(F)(F)F)CCC2)cccc1C1(C(F)(F)F)CCC1)Cc1ccccc1. The highest BCUT2D eigenvalue weighted by atomic mass is 19.4. The third-order valence-electron chi connectivity index (χ3n) is 8.30. The largest absolute Gasteiger partial charge is 0.398 e. The number of rotatable bonds is 9. The fourth-order valence-corrected chi connectivity index (χ4v) is 5.89. The van der Waals surface area contributed by atoms with Crippen LogP contribution in [0.15, 0.2) is 48.5 Å². The zero-order chi connectivity index (χ0) is 28.0. The molecule has 0 amide bonds. The summed E-state index contributed by atoms with van der Waals surface area (Å²) < 4.78 is 85.8. The van der Waals surface area contributed by atoms with Crippen molar-refractivity contribution in [1.82, 2.24) is 4.90 Å². The van der Waals surface area contributed by atoms with Crippen molar-refractivity contribution >= 4 is 0 Å². The lowest BCUT2D eigenvalue weighted by molar-refractivity contribution is -0.215. The van der Waals surface area contributed by atoms with E-state index in [-0.39, 0.29) is 48.8 Å². The van der Waals surface area contributed by atoms with Crippen molar-refractivity contribution in [3.05, 3.63) is 70.8 Å². The maximum Gasteiger partial charge on any atom is 0.398 e. The molecule has 0 atom stereocenters. The Hall–Kier alpha value is -2.53. The Balaban J connectivity index is 0.00000127. The quantitative estimate of drug-likeness (QED) is 0.299. The first kappa shape index (κ1) is 30.0. The highest BCUT2D eigenvalue weighted by molar-refractivity contribution is 5.48. The normalized spacial score (nSPS) is 18.0. The average Bonchev–Trinajstić information content (AvgIpc) is 2.77. The lowest BCUT2D eigenvalue weighted by Crippen LogP contribution is -2.51. The topological polar surface area (TPSA) is 27.0 Å². The molecule has 2 aliphatic rings. The van der Waals surface area contributed by atoms with Crippen LogP contribution >= 0.6 is 0 Å². The zero-order valence-electron chi connectivity index (χ0n) is 22.1. The second kappa shape index (κ2) is 12.1. The Morgan fingerprint density at radius 1 is 0.816 bits per heavy atom. The molecule has 4 rings (SSSR count). The Morgan fingerprint density at radius 2 is 1.29 bits per heavy atom. The van der Waals surface area contributed by atoms with Crippen molar-refractivity contribution in [3.63, 3.8) is 0 Å². The van der Waals surface area contributed by atoms with Crippen molar-refractivity contribution in [2.75, 3.05) is 13.1 Å². The van der Waals surface area contributed by atoms with E-state index < -0.39 is 23.2 Å². The highest BCUT2D eigenvalue weighted by Gasteiger charge is 2.63. The molecule has 0 aliphatic heterocycles. The molecule has 0 radical (unpaired) electrons. The maximum atomic E-state index is 14.3. The summed E-state index contributed by atoms with van der Waals surface area (Å²) in [6.07, 6.45) is -7.58. The lowest BCUT2D eigenvalue weighted by atomic mass is 9.58. The Morgan fingerprint density at radius 3 is 1.66 bits per heavy atom. The van der Waals surface area contributed by atoms with Crippen molar-refractivity contribution in [1.29, 1.82) is 5.26 Å². The van der Waals surface area contributed by atoms with Crippen LogP contribution in [0.3, 0.4) is 0 Å². The second-order valence-electron chi connectivity index (χ2n) is 10.4. The van der Waals surface area contributed by atoms with Crippen LogP contribution in [0.25, 0.3) is 0 Å². The minimum atomic E-state index is -4.48.